The van der Waals surface area contributed by atoms with E-state index < -0.39 is 23.8 Å². The van der Waals surface area contributed by atoms with Gasteiger partial charge < -0.3 is 24.9 Å². The first-order valence-corrected chi connectivity index (χ1v) is 21.5. The molecule has 6 aliphatic rings. The molecule has 0 saturated carbocycles. The van der Waals surface area contributed by atoms with Crippen molar-refractivity contribution in [1.82, 2.24) is 50.5 Å². The highest BCUT2D eigenvalue weighted by atomic mass is 16.2. The lowest BCUT2D eigenvalue weighted by atomic mass is 9.72. The number of likely N-dealkylation sites (tertiary alicyclic amines) is 1. The molecule has 4 fully saturated rings. The number of nitrogens with one attached hydrogen (secondary N) is 3. The molecule has 19 nitrogen and oxygen atoms in total. The normalized spacial score (nSPS) is 22.4. The molecular weight excluding hydrogens is 805 g/mol. The van der Waals surface area contributed by atoms with E-state index in [1.54, 1.807) is 16.8 Å². The molecule has 2 atom stereocenters. The summed E-state index contributed by atoms with van der Waals surface area (Å²) in [7, 11) is 1.85. The zero-order chi connectivity index (χ0) is 43.3. The third-order valence-corrected chi connectivity index (χ3v) is 14.0. The fourth-order valence-electron chi connectivity index (χ4n) is 10.6. The van der Waals surface area contributed by atoms with Crippen molar-refractivity contribution < 1.29 is 24.0 Å². The number of allylic oxidation sites excluding steroid dienone is 1. The lowest BCUT2D eigenvalue weighted by molar-refractivity contribution is -0.136. The van der Waals surface area contributed by atoms with Gasteiger partial charge in [-0.15, -0.1) is 0 Å². The zero-order valence-electron chi connectivity index (χ0n) is 35.2. The third-order valence-electron chi connectivity index (χ3n) is 14.0. The van der Waals surface area contributed by atoms with Gasteiger partial charge in [0.1, 0.15) is 17.6 Å². The number of hydrogen-bond acceptors (Lipinski definition) is 14. The van der Waals surface area contributed by atoms with Gasteiger partial charge in [0.05, 0.1) is 28.3 Å². The smallest absolute Gasteiger partial charge is 0.262 e. The fourth-order valence-corrected chi connectivity index (χ4v) is 10.6. The lowest BCUT2D eigenvalue weighted by Gasteiger charge is -2.61. The summed E-state index contributed by atoms with van der Waals surface area (Å²) in [4.78, 5) is 79.1. The predicted octanol–water partition coefficient (Wildman–Crippen LogP) is 2.97. The number of hydrogen-bond donors (Lipinski definition) is 3. The number of aromatic amines is 1. The number of nitrogens with zero attached hydrogens (tertiary/aromatic N) is 11. The highest BCUT2D eigenvalue weighted by Gasteiger charge is 2.52. The molecule has 19 heteroatoms. The van der Waals surface area contributed by atoms with Crippen LogP contribution in [-0.4, -0.2) is 134 Å². The van der Waals surface area contributed by atoms with Gasteiger partial charge in [0.2, 0.25) is 17.8 Å². The molecule has 5 amide bonds. The Balaban J connectivity index is 0.679. The van der Waals surface area contributed by atoms with Gasteiger partial charge >= 0.3 is 0 Å². The Labute approximate surface area is 361 Å². The van der Waals surface area contributed by atoms with E-state index in [9.17, 15) is 24.0 Å². The molecule has 6 aliphatic heterocycles. The maximum atomic E-state index is 13.7. The van der Waals surface area contributed by atoms with Gasteiger partial charge in [-0.25, -0.2) is 9.67 Å². The van der Waals surface area contributed by atoms with Gasteiger partial charge in [0.25, 0.3) is 17.7 Å². The molecule has 9 heterocycles. The van der Waals surface area contributed by atoms with Crippen LogP contribution < -0.4 is 25.3 Å². The molecule has 3 aromatic heterocycles. The first-order valence-electron chi connectivity index (χ1n) is 21.5. The van der Waals surface area contributed by atoms with Crippen LogP contribution in [0.5, 0.6) is 0 Å². The van der Waals surface area contributed by atoms with Crippen LogP contribution in [0.3, 0.4) is 0 Å². The highest BCUT2D eigenvalue weighted by Crippen LogP contribution is 2.43. The van der Waals surface area contributed by atoms with Crippen molar-refractivity contribution in [2.24, 2.45) is 11.3 Å². The summed E-state index contributed by atoms with van der Waals surface area (Å²) in [6.07, 6.45) is 4.13. The summed E-state index contributed by atoms with van der Waals surface area (Å²) in [6, 6.07) is 13.9. The van der Waals surface area contributed by atoms with Crippen LogP contribution in [0.4, 0.5) is 23.1 Å². The van der Waals surface area contributed by atoms with E-state index in [-0.39, 0.29) is 36.1 Å². The minimum Gasteiger partial charge on any atom is -0.371 e. The zero-order valence-corrected chi connectivity index (χ0v) is 35.2. The summed E-state index contributed by atoms with van der Waals surface area (Å²) < 4.78 is 1.65. The first-order chi connectivity index (χ1) is 30.4. The van der Waals surface area contributed by atoms with Crippen molar-refractivity contribution in [3.8, 4) is 11.3 Å². The Bertz CT molecular complexity index is 2790. The maximum Gasteiger partial charge on any atom is 0.262 e. The Morgan fingerprint density at radius 2 is 1.71 bits per heavy atom. The van der Waals surface area contributed by atoms with Gasteiger partial charge in [-0.1, -0.05) is 5.10 Å². The number of benzene rings is 2. The molecule has 5 aromatic rings. The quantitative estimate of drug-likeness (QED) is 0.192. The van der Waals surface area contributed by atoms with E-state index in [0.29, 0.717) is 34.3 Å². The van der Waals surface area contributed by atoms with Crippen molar-refractivity contribution >= 4 is 63.6 Å². The van der Waals surface area contributed by atoms with Crippen LogP contribution in [0.2, 0.25) is 0 Å². The second-order valence-electron chi connectivity index (χ2n) is 18.0. The third kappa shape index (κ3) is 6.43. The van der Waals surface area contributed by atoms with E-state index in [0.717, 1.165) is 103 Å². The number of carbonyl (C=O) groups is 5. The van der Waals surface area contributed by atoms with Gasteiger partial charge in [0.15, 0.2) is 0 Å². The maximum absolute atomic E-state index is 13.7. The average Bonchev–Trinajstić information content (AvgIpc) is 3.98. The number of anilines is 4. The van der Waals surface area contributed by atoms with Gasteiger partial charge in [0, 0.05) is 98.9 Å². The van der Waals surface area contributed by atoms with E-state index in [4.69, 9.17) is 4.98 Å². The Hall–Kier alpha value is -7.02. The molecule has 4 saturated heterocycles. The number of pyridine rings is 1. The molecule has 322 valence electrons. The number of piperidine rings is 2. The van der Waals surface area contributed by atoms with Crippen molar-refractivity contribution in [2.45, 2.75) is 51.6 Å². The molecular formula is C44H46N14O5. The minimum atomic E-state index is -0.971. The van der Waals surface area contributed by atoms with Crippen LogP contribution in [0, 0.1) is 11.3 Å². The number of fused-ring (bicyclic) bond motifs is 3. The van der Waals surface area contributed by atoms with Crippen LogP contribution in [0.25, 0.3) is 22.2 Å². The van der Waals surface area contributed by atoms with Crippen LogP contribution in [0.15, 0.2) is 66.0 Å². The van der Waals surface area contributed by atoms with Gasteiger partial charge in [-0.05, 0) is 98.0 Å². The number of H-pyrrole nitrogens is 1. The number of amides is 5. The van der Waals surface area contributed by atoms with E-state index in [2.05, 4.69) is 57.1 Å². The minimum absolute atomic E-state index is 0.0933. The van der Waals surface area contributed by atoms with Crippen molar-refractivity contribution in [1.29, 1.82) is 0 Å². The molecule has 63 heavy (non-hydrogen) atoms. The summed E-state index contributed by atoms with van der Waals surface area (Å²) in [5.41, 5.74) is 6.41. The molecule has 2 aromatic carbocycles. The van der Waals surface area contributed by atoms with Crippen LogP contribution >= 0.6 is 0 Å². The van der Waals surface area contributed by atoms with Gasteiger partial charge in [-0.2, -0.15) is 5.10 Å². The van der Waals surface area contributed by atoms with Crippen molar-refractivity contribution in [2.75, 3.05) is 72.9 Å². The Kier molecular flexibility index (Phi) is 8.97. The number of carbonyl (C=O) groups excluding carboxylic acids is 5. The van der Waals surface area contributed by atoms with Gasteiger partial charge in [-0.3, -0.25) is 39.3 Å². The number of imide groups is 2. The van der Waals surface area contributed by atoms with E-state index >= 15 is 0 Å². The molecule has 3 N–H and O–H groups in total. The standard InChI is InChI=1S/C44H46N14O5/c1-24-37(25(2)58-43(53(24)3)50-51-52-58)40(61)46-28-4-7-33-32(17-28)38(49-48-33)27-10-13-45-35(16-27)56-22-44(23-56)20-54(21-44)19-26-11-14-55(15-12-26)29-5-6-30-31(18-29)42(63)57(41(30)62)34-8-9-36(59)47-39(34)60/h4-7,10,13,16-18,25-26,34H,8-9,11-12,14-15,19-23H2,1-3H3,(H,46,61)(H,48,49)(H,47,59,60)/t25-,34?/m1/s1. The van der Waals surface area contributed by atoms with Crippen molar-refractivity contribution in [3.05, 3.63) is 77.1 Å². The fraction of sp³-hybridized carbons (Fsp3) is 0.409. The number of aromatic nitrogens is 7. The highest BCUT2D eigenvalue weighted by molar-refractivity contribution is 6.23. The molecule has 11 rings (SSSR count). The molecule has 0 aliphatic carbocycles. The second-order valence-corrected chi connectivity index (χ2v) is 18.0. The largest absolute Gasteiger partial charge is 0.371 e. The average molecular weight is 851 g/mol. The molecule has 0 radical (unpaired) electrons. The number of rotatable bonds is 8. The molecule has 1 unspecified atom stereocenters. The lowest BCUT2D eigenvalue weighted by Crippen LogP contribution is -2.72. The van der Waals surface area contributed by atoms with Crippen LogP contribution in [0.1, 0.15) is 66.3 Å². The summed E-state index contributed by atoms with van der Waals surface area (Å²) in [5, 5.41) is 26.0. The molecule has 0 bridgehead atoms. The van der Waals surface area contributed by atoms with Crippen molar-refractivity contribution in [3.63, 3.8) is 0 Å². The Morgan fingerprint density at radius 1 is 0.921 bits per heavy atom. The van der Waals surface area contributed by atoms with E-state index in [1.165, 1.54) is 0 Å². The molecule has 1 spiro atoms. The number of tetrazole rings is 1. The summed E-state index contributed by atoms with van der Waals surface area (Å²) in [5.74, 6) is -0.0880. The summed E-state index contributed by atoms with van der Waals surface area (Å²) >= 11 is 0. The first kappa shape index (κ1) is 38.9. The van der Waals surface area contributed by atoms with Crippen LogP contribution in [-0.2, 0) is 14.4 Å². The second kappa shape index (κ2) is 14.5. The van der Waals surface area contributed by atoms with E-state index in [1.807, 2.05) is 62.3 Å². The SMILES string of the molecule is CC1=C(C(=O)Nc2ccc3[nH]nc(-c4ccnc(N5CC6(CN(CC7CCN(c8ccc9c(c8)C(=O)N(C8CCC(=O)NC8=O)C9=O)CC7)C6)C5)c4)c3c2)[C@@H](C)n2nnnc2N1C. The topological polar surface area (TPSA) is 211 Å². The Morgan fingerprint density at radius 3 is 2.51 bits per heavy atom. The summed E-state index contributed by atoms with van der Waals surface area (Å²) in [6.45, 7) is 10.6. The predicted molar refractivity (Wildman–Crippen MR) is 231 cm³/mol. The monoisotopic (exact) mass is 850 g/mol.